The van der Waals surface area contributed by atoms with E-state index >= 15 is 0 Å². The van der Waals surface area contributed by atoms with E-state index in [-0.39, 0.29) is 38.6 Å². The van der Waals surface area contributed by atoms with Gasteiger partial charge in [0.05, 0.1) is 40.3 Å². The van der Waals surface area contributed by atoms with Gasteiger partial charge in [-0.05, 0) is 173 Å². The van der Waals surface area contributed by atoms with Crippen LogP contribution in [0.15, 0.2) is 255 Å². The van der Waals surface area contributed by atoms with Gasteiger partial charge in [0.1, 0.15) is 13.2 Å². The average molecular weight is 1420 g/mol. The van der Waals surface area contributed by atoms with Crippen LogP contribution >= 0.6 is 0 Å². The standard InChI is InChI=1S/C94H143NO8/c1-6-8-10-12-14-16-18-20-22-24-26-28-30-32-34-36-38-40-42-44-45-46-47-49-51-53-55-57-59-61-63-65-67-69-71-73-75-77-79-81-83-85-92(97)103-90(89-102-94(93(98)99)100-87-86-95(3,4)5)88-101-91(96)84-82-80-78-76-74-72-70-68-66-64-62-60-58-56-54-52-50-48-43-41-39-37-35-33-31-29-27-25-23-21-19-17-15-13-11-9-7-2/h8-11,14-17,20-23,26-29,32-35,38-41,44-45,47-50,53-56,59-62,65,67,71,73,90,94H,6-7,12-13,18-19,24-25,30-31,36-37,42-43,46,51-52,57-58,63-64,66,68-70,72,74-89H2,1-5H3/b10-8-,11-9-,16-14-,17-15-,22-20-,23-21-,28-26-,29-27-,34-32-,35-33-,40-38-,41-39-,45-44-,49-47-,50-48-,55-53-,56-54-,61-59-,62-60-,67-65-,73-71-. The smallest absolute Gasteiger partial charge is 0.306 e. The van der Waals surface area contributed by atoms with E-state index in [0.29, 0.717) is 23.9 Å². The van der Waals surface area contributed by atoms with Gasteiger partial charge >= 0.3 is 11.9 Å². The molecule has 0 fully saturated rings. The van der Waals surface area contributed by atoms with Gasteiger partial charge in [0.15, 0.2) is 12.4 Å². The summed E-state index contributed by atoms with van der Waals surface area (Å²) in [7, 11) is 5.90. The summed E-state index contributed by atoms with van der Waals surface area (Å²) >= 11 is 0. The van der Waals surface area contributed by atoms with Crippen LogP contribution in [0.4, 0.5) is 0 Å². The van der Waals surface area contributed by atoms with Crippen molar-refractivity contribution in [3.05, 3.63) is 255 Å². The molecule has 0 aliphatic carbocycles. The zero-order valence-corrected chi connectivity index (χ0v) is 65.3. The van der Waals surface area contributed by atoms with E-state index in [0.717, 1.165) is 186 Å². The maximum atomic E-state index is 13.0. The molecule has 9 nitrogen and oxygen atoms in total. The molecular weight excluding hydrogens is 1270 g/mol. The van der Waals surface area contributed by atoms with Gasteiger partial charge in [0, 0.05) is 12.8 Å². The van der Waals surface area contributed by atoms with E-state index in [2.05, 4.69) is 269 Å². The van der Waals surface area contributed by atoms with E-state index in [1.165, 1.54) is 32.1 Å². The number of carboxylic acids is 1. The molecule has 0 aliphatic heterocycles. The third kappa shape index (κ3) is 82.0. The Morgan fingerprint density at radius 2 is 0.524 bits per heavy atom. The van der Waals surface area contributed by atoms with E-state index in [4.69, 9.17) is 18.9 Å². The van der Waals surface area contributed by atoms with Crippen molar-refractivity contribution in [1.29, 1.82) is 0 Å². The molecule has 0 N–H and O–H groups in total. The molecule has 0 aliphatic rings. The Morgan fingerprint density at radius 3 is 0.777 bits per heavy atom. The van der Waals surface area contributed by atoms with Gasteiger partial charge in [-0.2, -0.15) is 0 Å². The Morgan fingerprint density at radius 1 is 0.291 bits per heavy atom. The first-order chi connectivity index (χ1) is 50.6. The van der Waals surface area contributed by atoms with E-state index in [1.54, 1.807) is 0 Å². The van der Waals surface area contributed by atoms with E-state index in [1.807, 2.05) is 21.1 Å². The molecule has 0 heterocycles. The average Bonchev–Trinajstić information content (AvgIpc) is 1.01. The number of carbonyl (C=O) groups is 3. The quantitative estimate of drug-likeness (QED) is 0.0195. The molecule has 0 rings (SSSR count). The van der Waals surface area contributed by atoms with Gasteiger partial charge in [-0.3, -0.25) is 9.59 Å². The number of ether oxygens (including phenoxy) is 4. The molecule has 0 bridgehead atoms. The molecule has 0 amide bonds. The Bertz CT molecular complexity index is 2660. The van der Waals surface area contributed by atoms with Crippen LogP contribution in [0.1, 0.15) is 258 Å². The number of likely N-dealkylation sites (N-methyl/N-ethyl adjacent to an activating group) is 1. The SMILES string of the molecule is CC/C=C\C/C=C\C/C=C\C/C=C\C/C=C\C/C=C\C/C=C\C/C=C\C/C=C\C/C=C\C/C=C\C/C=C\CCCCCCC(=O)OC(COC(=O)CCCCCCCCCCC/C=C\C/C=C\C/C=C\C/C=C\C/C=C\C/C=C\C/C=C\C/C=C\C/C=C\CC)COC(OCC[N+](C)(C)C)C(=O)[O-]. The fraction of sp³-hybridized carbons (Fsp3) is 0.521. The lowest BCUT2D eigenvalue weighted by Gasteiger charge is -2.26. The van der Waals surface area contributed by atoms with Crippen molar-refractivity contribution in [2.75, 3.05) is 47.5 Å². The molecule has 0 aromatic carbocycles. The molecule has 0 aromatic heterocycles. The van der Waals surface area contributed by atoms with Crippen molar-refractivity contribution in [3.63, 3.8) is 0 Å². The number of nitrogens with zero attached hydrogens (tertiary/aromatic N) is 1. The number of hydrogen-bond acceptors (Lipinski definition) is 8. The number of aliphatic carboxylic acids is 1. The predicted octanol–water partition coefficient (Wildman–Crippen LogP) is 24.8. The second kappa shape index (κ2) is 80.5. The van der Waals surface area contributed by atoms with Crippen LogP contribution in [0.25, 0.3) is 0 Å². The summed E-state index contributed by atoms with van der Waals surface area (Å²) in [5.74, 6) is -2.35. The van der Waals surface area contributed by atoms with Crippen molar-refractivity contribution in [1.82, 2.24) is 0 Å². The summed E-state index contributed by atoms with van der Waals surface area (Å²) < 4.78 is 22.8. The molecular formula is C94H143NO8. The third-order valence-electron chi connectivity index (χ3n) is 15.8. The minimum atomic E-state index is -1.65. The van der Waals surface area contributed by atoms with Crippen molar-refractivity contribution >= 4 is 17.9 Å². The second-order valence-corrected chi connectivity index (χ2v) is 26.5. The number of esters is 2. The number of rotatable bonds is 70. The van der Waals surface area contributed by atoms with Crippen LogP contribution in [0.3, 0.4) is 0 Å². The molecule has 2 unspecified atom stereocenters. The van der Waals surface area contributed by atoms with Crippen LogP contribution < -0.4 is 5.11 Å². The summed E-state index contributed by atoms with van der Waals surface area (Å²) in [6.45, 7) is 4.45. The predicted molar refractivity (Wildman–Crippen MR) is 443 cm³/mol. The molecule has 0 radical (unpaired) electrons. The highest BCUT2D eigenvalue weighted by Gasteiger charge is 2.22. The van der Waals surface area contributed by atoms with Crippen LogP contribution in [0.5, 0.6) is 0 Å². The molecule has 0 saturated heterocycles. The molecule has 0 spiro atoms. The maximum Gasteiger partial charge on any atom is 0.306 e. The molecule has 0 aromatic rings. The topological polar surface area (TPSA) is 111 Å². The Labute approximate surface area is 630 Å². The Hall–Kier alpha value is -7.17. The maximum absolute atomic E-state index is 13.0. The minimum absolute atomic E-state index is 0.127. The number of carboxylic acid groups (broad SMARTS) is 1. The van der Waals surface area contributed by atoms with Crippen LogP contribution in [-0.2, 0) is 33.3 Å². The van der Waals surface area contributed by atoms with Crippen molar-refractivity contribution in [2.24, 2.45) is 0 Å². The Kier molecular flexibility index (Phi) is 74.9. The van der Waals surface area contributed by atoms with Crippen molar-refractivity contribution in [3.8, 4) is 0 Å². The lowest BCUT2D eigenvalue weighted by molar-refractivity contribution is -0.870. The number of quaternary nitrogens is 1. The van der Waals surface area contributed by atoms with Crippen molar-refractivity contribution < 1.29 is 42.9 Å². The monoisotopic (exact) mass is 1410 g/mol. The minimum Gasteiger partial charge on any atom is -0.545 e. The number of carbonyl (C=O) groups excluding carboxylic acids is 3. The molecule has 0 saturated carbocycles. The van der Waals surface area contributed by atoms with Gasteiger partial charge in [-0.25, -0.2) is 0 Å². The molecule has 103 heavy (non-hydrogen) atoms. The first-order valence-electron chi connectivity index (χ1n) is 39.8. The highest BCUT2D eigenvalue weighted by atomic mass is 16.7. The Balaban J connectivity index is 4.24. The van der Waals surface area contributed by atoms with Gasteiger partial charge in [0.25, 0.3) is 0 Å². The summed E-state index contributed by atoms with van der Waals surface area (Å²) in [5, 5.41) is 11.9. The van der Waals surface area contributed by atoms with E-state index in [9.17, 15) is 19.5 Å². The second-order valence-electron chi connectivity index (χ2n) is 26.5. The van der Waals surface area contributed by atoms with Crippen LogP contribution in [-0.4, -0.2) is 82.3 Å². The van der Waals surface area contributed by atoms with Gasteiger partial charge in [0.2, 0.25) is 0 Å². The molecule has 2 atom stereocenters. The normalized spacial score (nSPS) is 14.1. The zero-order chi connectivity index (χ0) is 74.6. The number of unbranched alkanes of at least 4 members (excludes halogenated alkanes) is 13. The lowest BCUT2D eigenvalue weighted by atomic mass is 10.1. The summed E-state index contributed by atoms with van der Waals surface area (Å²) in [6, 6.07) is 0. The molecule has 572 valence electrons. The summed E-state index contributed by atoms with van der Waals surface area (Å²) in [6.07, 6.45) is 128. The van der Waals surface area contributed by atoms with Crippen LogP contribution in [0, 0.1) is 0 Å². The summed E-state index contributed by atoms with van der Waals surface area (Å²) in [5.41, 5.74) is 0. The highest BCUT2D eigenvalue weighted by Crippen LogP contribution is 2.15. The van der Waals surface area contributed by atoms with Gasteiger partial charge in [-0.1, -0.05) is 327 Å². The summed E-state index contributed by atoms with van der Waals surface area (Å²) in [4.78, 5) is 37.6. The van der Waals surface area contributed by atoms with Gasteiger partial charge < -0.3 is 33.3 Å². The zero-order valence-electron chi connectivity index (χ0n) is 65.3. The number of allylic oxidation sites excluding steroid dienone is 42. The fourth-order valence-electron chi connectivity index (χ4n) is 9.80. The van der Waals surface area contributed by atoms with Crippen LogP contribution in [0.2, 0.25) is 0 Å². The highest BCUT2D eigenvalue weighted by molar-refractivity contribution is 5.70. The molecule has 9 heteroatoms. The van der Waals surface area contributed by atoms with E-state index < -0.39 is 24.3 Å². The number of hydrogen-bond donors (Lipinski definition) is 0. The van der Waals surface area contributed by atoms with Crippen molar-refractivity contribution in [2.45, 2.75) is 270 Å². The largest absolute Gasteiger partial charge is 0.545 e. The first-order valence-corrected chi connectivity index (χ1v) is 39.8. The lowest BCUT2D eigenvalue weighted by Crippen LogP contribution is -2.44. The fourth-order valence-corrected chi connectivity index (χ4v) is 9.80. The third-order valence-corrected chi connectivity index (χ3v) is 15.8. The van der Waals surface area contributed by atoms with Gasteiger partial charge in [-0.15, -0.1) is 0 Å². The first kappa shape index (κ1) is 95.8.